The molecule has 0 amide bonds. The molecule has 0 aliphatic heterocycles. The van der Waals surface area contributed by atoms with Gasteiger partial charge in [-0.3, -0.25) is 9.48 Å². The van der Waals surface area contributed by atoms with Crippen LogP contribution in [0.5, 0.6) is 0 Å². The van der Waals surface area contributed by atoms with Crippen molar-refractivity contribution in [3.8, 4) is 0 Å². The highest BCUT2D eigenvalue weighted by Gasteiger charge is 2.30. The van der Waals surface area contributed by atoms with Crippen LogP contribution in [0.2, 0.25) is 0 Å². The number of rotatable bonds is 3. The summed E-state index contributed by atoms with van der Waals surface area (Å²) in [6.07, 6.45) is 4.41. The van der Waals surface area contributed by atoms with E-state index < -0.39 is 5.54 Å². The van der Waals surface area contributed by atoms with Crippen LogP contribution >= 0.6 is 0 Å². The summed E-state index contributed by atoms with van der Waals surface area (Å²) in [5, 5.41) is 4.46. The Hall–Kier alpha value is -1.12. The van der Waals surface area contributed by atoms with E-state index >= 15 is 0 Å². The van der Waals surface area contributed by atoms with Crippen molar-refractivity contribution in [2.24, 2.45) is 0 Å². The normalized spacial score (nSPS) is 17.1. The highest BCUT2D eigenvalue weighted by atomic mass is 16.1. The van der Waals surface area contributed by atoms with Crippen LogP contribution in [0.15, 0.2) is 12.3 Å². The van der Waals surface area contributed by atoms with Crippen LogP contribution < -0.4 is 0 Å². The largest absolute Gasteiger partial charge is 0.297 e. The molecule has 0 saturated heterocycles. The van der Waals surface area contributed by atoms with Crippen LogP contribution in [0.25, 0.3) is 0 Å². The molecule has 1 aromatic heterocycles. The molecular formula is C11H16N2O. The maximum atomic E-state index is 11.4. The predicted octanol–water partition coefficient (Wildman–Crippen LogP) is 2.08. The van der Waals surface area contributed by atoms with Crippen molar-refractivity contribution < 1.29 is 4.79 Å². The predicted molar refractivity (Wildman–Crippen MR) is 54.2 cm³/mol. The fourth-order valence-corrected chi connectivity index (χ4v) is 1.41. The molecule has 0 N–H and O–H groups in total. The molecule has 1 saturated carbocycles. The van der Waals surface area contributed by atoms with Crippen molar-refractivity contribution in [1.29, 1.82) is 0 Å². The first kappa shape index (κ1) is 9.44. The van der Waals surface area contributed by atoms with Crippen molar-refractivity contribution in [2.45, 2.75) is 45.1 Å². The fraction of sp³-hybridized carbons (Fsp3) is 0.636. The van der Waals surface area contributed by atoms with Crippen molar-refractivity contribution in [1.82, 2.24) is 9.78 Å². The van der Waals surface area contributed by atoms with Gasteiger partial charge >= 0.3 is 0 Å². The molecule has 0 bridgehead atoms. The van der Waals surface area contributed by atoms with Crippen molar-refractivity contribution in [3.05, 3.63) is 18.0 Å². The third-order valence-electron chi connectivity index (χ3n) is 3.04. The van der Waals surface area contributed by atoms with Gasteiger partial charge in [-0.25, -0.2) is 0 Å². The van der Waals surface area contributed by atoms with E-state index in [1.54, 1.807) is 11.6 Å². The van der Waals surface area contributed by atoms with Gasteiger partial charge in [-0.15, -0.1) is 0 Å². The number of nitrogens with zero attached hydrogens (tertiary/aromatic N) is 2. The standard InChI is InChI=1S/C11H16N2O/c1-8(14)11(2,3)13-7-6-10(12-13)9-4-5-9/h6-7,9H,4-5H2,1-3H3. The Balaban J connectivity index is 2.27. The van der Waals surface area contributed by atoms with E-state index in [1.165, 1.54) is 12.8 Å². The van der Waals surface area contributed by atoms with Gasteiger partial charge in [0.1, 0.15) is 5.54 Å². The minimum atomic E-state index is -0.507. The van der Waals surface area contributed by atoms with Gasteiger partial charge in [-0.1, -0.05) is 0 Å². The zero-order chi connectivity index (χ0) is 10.3. The molecule has 0 unspecified atom stereocenters. The Bertz CT molecular complexity index is 361. The number of carbonyl (C=O) groups is 1. The number of hydrogen-bond acceptors (Lipinski definition) is 2. The lowest BCUT2D eigenvalue weighted by Gasteiger charge is -2.21. The molecule has 0 atom stereocenters. The number of carbonyl (C=O) groups excluding carboxylic acids is 1. The first-order chi connectivity index (χ1) is 6.51. The van der Waals surface area contributed by atoms with Crippen LogP contribution in [0.4, 0.5) is 0 Å². The van der Waals surface area contributed by atoms with Gasteiger partial charge in [-0.05, 0) is 39.7 Å². The van der Waals surface area contributed by atoms with Gasteiger partial charge in [0.2, 0.25) is 0 Å². The quantitative estimate of drug-likeness (QED) is 0.735. The van der Waals surface area contributed by atoms with Crippen LogP contribution in [-0.2, 0) is 10.3 Å². The van der Waals surface area contributed by atoms with E-state index in [9.17, 15) is 4.79 Å². The van der Waals surface area contributed by atoms with Crippen molar-refractivity contribution >= 4 is 5.78 Å². The molecular weight excluding hydrogens is 176 g/mol. The third-order valence-corrected chi connectivity index (χ3v) is 3.04. The monoisotopic (exact) mass is 192 g/mol. The molecule has 14 heavy (non-hydrogen) atoms. The molecule has 3 nitrogen and oxygen atoms in total. The highest BCUT2D eigenvalue weighted by Crippen LogP contribution is 2.39. The summed E-state index contributed by atoms with van der Waals surface area (Å²) in [5.41, 5.74) is 0.631. The van der Waals surface area contributed by atoms with E-state index in [0.717, 1.165) is 5.69 Å². The molecule has 3 heteroatoms. The smallest absolute Gasteiger partial charge is 0.156 e. The molecule has 0 radical (unpaired) electrons. The zero-order valence-electron chi connectivity index (χ0n) is 8.95. The fourth-order valence-electron chi connectivity index (χ4n) is 1.41. The Morgan fingerprint density at radius 3 is 2.71 bits per heavy atom. The second-order valence-corrected chi connectivity index (χ2v) is 4.57. The second kappa shape index (κ2) is 2.94. The molecule has 1 heterocycles. The van der Waals surface area contributed by atoms with Gasteiger partial charge < -0.3 is 0 Å². The lowest BCUT2D eigenvalue weighted by Crippen LogP contribution is -2.34. The third kappa shape index (κ3) is 1.47. The van der Waals surface area contributed by atoms with Gasteiger partial charge in [-0.2, -0.15) is 5.10 Å². The molecule has 1 aliphatic carbocycles. The molecule has 0 aromatic carbocycles. The summed E-state index contributed by atoms with van der Waals surface area (Å²) >= 11 is 0. The zero-order valence-corrected chi connectivity index (χ0v) is 8.95. The molecule has 1 aliphatic rings. The van der Waals surface area contributed by atoms with Crippen LogP contribution in [0.1, 0.15) is 45.2 Å². The molecule has 1 aromatic rings. The summed E-state index contributed by atoms with van der Waals surface area (Å²) in [6.45, 7) is 5.41. The Labute approximate surface area is 84.1 Å². The SMILES string of the molecule is CC(=O)C(C)(C)n1ccc(C2CC2)n1. The van der Waals surface area contributed by atoms with E-state index in [1.807, 2.05) is 26.1 Å². The number of ketones is 1. The van der Waals surface area contributed by atoms with E-state index in [-0.39, 0.29) is 5.78 Å². The van der Waals surface area contributed by atoms with E-state index in [0.29, 0.717) is 5.92 Å². The Morgan fingerprint density at radius 1 is 1.57 bits per heavy atom. The summed E-state index contributed by atoms with van der Waals surface area (Å²) in [6, 6.07) is 2.03. The highest BCUT2D eigenvalue weighted by molar-refractivity contribution is 5.83. The van der Waals surface area contributed by atoms with Crippen LogP contribution in [-0.4, -0.2) is 15.6 Å². The lowest BCUT2D eigenvalue weighted by molar-refractivity contribution is -0.124. The minimum Gasteiger partial charge on any atom is -0.297 e. The molecule has 0 spiro atoms. The van der Waals surface area contributed by atoms with Crippen molar-refractivity contribution in [2.75, 3.05) is 0 Å². The maximum absolute atomic E-state index is 11.4. The summed E-state index contributed by atoms with van der Waals surface area (Å²) in [4.78, 5) is 11.4. The lowest BCUT2D eigenvalue weighted by atomic mass is 10.0. The van der Waals surface area contributed by atoms with Crippen molar-refractivity contribution in [3.63, 3.8) is 0 Å². The Morgan fingerprint density at radius 2 is 2.21 bits per heavy atom. The molecule has 76 valence electrons. The summed E-state index contributed by atoms with van der Waals surface area (Å²) in [7, 11) is 0. The summed E-state index contributed by atoms with van der Waals surface area (Å²) in [5.74, 6) is 0.793. The van der Waals surface area contributed by atoms with Gasteiger partial charge in [0.05, 0.1) is 5.69 Å². The van der Waals surface area contributed by atoms with Crippen LogP contribution in [0, 0.1) is 0 Å². The van der Waals surface area contributed by atoms with E-state index in [2.05, 4.69) is 5.10 Å². The van der Waals surface area contributed by atoms with Crippen LogP contribution in [0.3, 0.4) is 0 Å². The maximum Gasteiger partial charge on any atom is 0.156 e. The first-order valence-electron chi connectivity index (χ1n) is 5.09. The summed E-state index contributed by atoms with van der Waals surface area (Å²) < 4.78 is 1.78. The number of hydrogen-bond donors (Lipinski definition) is 0. The Kier molecular flexibility index (Phi) is 1.98. The minimum absolute atomic E-state index is 0.142. The number of Topliss-reactive ketones (excluding diaryl/α,β-unsaturated/α-hetero) is 1. The molecule has 1 fully saturated rings. The van der Waals surface area contributed by atoms with Gasteiger partial charge in [0.25, 0.3) is 0 Å². The molecule has 2 rings (SSSR count). The topological polar surface area (TPSA) is 34.9 Å². The first-order valence-corrected chi connectivity index (χ1v) is 5.09. The van der Waals surface area contributed by atoms with Gasteiger partial charge in [0.15, 0.2) is 5.78 Å². The number of aromatic nitrogens is 2. The second-order valence-electron chi connectivity index (χ2n) is 4.57. The average Bonchev–Trinajstić information content (AvgIpc) is 2.83. The van der Waals surface area contributed by atoms with E-state index in [4.69, 9.17) is 0 Å². The van der Waals surface area contributed by atoms with Gasteiger partial charge in [0, 0.05) is 12.1 Å². The average molecular weight is 192 g/mol.